The molecule has 0 saturated carbocycles. The van der Waals surface area contributed by atoms with Crippen LogP contribution in [-0.4, -0.2) is 78.9 Å². The molecule has 1 amide bonds. The summed E-state index contributed by atoms with van der Waals surface area (Å²) in [6.45, 7) is 6.04. The Hall–Kier alpha value is -3.90. The van der Waals surface area contributed by atoms with Crippen molar-refractivity contribution in [2.45, 2.75) is 38.6 Å². The Bertz CT molecular complexity index is 1660. The van der Waals surface area contributed by atoms with Crippen LogP contribution >= 0.6 is 11.6 Å². The number of hydrogen-bond acceptors (Lipinski definition) is 6. The lowest BCUT2D eigenvalue weighted by atomic mass is 10.0. The molecular weight excluding hydrogens is 585 g/mol. The maximum atomic E-state index is 14.5. The third-order valence-electron chi connectivity index (χ3n) is 7.86. The summed E-state index contributed by atoms with van der Waals surface area (Å²) in [6, 6.07) is 9.81. The zero-order valence-electron chi connectivity index (χ0n) is 23.8. The number of nitrogens with zero attached hydrogens (tertiary/aromatic N) is 6. The topological polar surface area (TPSA) is 85.0 Å². The highest BCUT2D eigenvalue weighted by atomic mass is 35.5. The van der Waals surface area contributed by atoms with E-state index >= 15 is 0 Å². The van der Waals surface area contributed by atoms with Gasteiger partial charge >= 0.3 is 18.2 Å². The molecule has 226 valence electrons. The number of rotatable bonds is 4. The Morgan fingerprint density at radius 3 is 2.30 bits per heavy atom. The van der Waals surface area contributed by atoms with Crippen molar-refractivity contribution in [3.63, 3.8) is 0 Å². The number of alkyl halides is 3. The van der Waals surface area contributed by atoms with Crippen LogP contribution in [0, 0.1) is 11.8 Å². The number of benzene rings is 1. The lowest BCUT2D eigenvalue weighted by Crippen LogP contribution is -2.40. The second-order valence-corrected chi connectivity index (χ2v) is 12.5. The number of aromatic nitrogens is 4. The Labute approximate surface area is 250 Å². The summed E-state index contributed by atoms with van der Waals surface area (Å²) < 4.78 is 51.6. The molecule has 43 heavy (non-hydrogen) atoms. The van der Waals surface area contributed by atoms with E-state index in [9.17, 15) is 22.8 Å². The monoisotopic (exact) mass is 614 g/mol. The van der Waals surface area contributed by atoms with Crippen molar-refractivity contribution < 1.29 is 27.5 Å². The first-order chi connectivity index (χ1) is 20.3. The fraction of sp³-hybridized carbons (Fsp3) is 0.400. The molecule has 9 nitrogen and oxygen atoms in total. The molecule has 3 aromatic heterocycles. The maximum Gasteiger partial charge on any atom is 0.408 e. The molecule has 5 heterocycles. The molecule has 4 aromatic rings. The van der Waals surface area contributed by atoms with Gasteiger partial charge in [0.1, 0.15) is 17.3 Å². The van der Waals surface area contributed by atoms with Gasteiger partial charge in [-0.25, -0.2) is 14.6 Å². The van der Waals surface area contributed by atoms with Gasteiger partial charge in [0.05, 0.1) is 23.1 Å². The van der Waals surface area contributed by atoms with E-state index in [1.165, 1.54) is 23.2 Å². The summed E-state index contributed by atoms with van der Waals surface area (Å²) in [4.78, 5) is 33.0. The van der Waals surface area contributed by atoms with Gasteiger partial charge in [-0.2, -0.15) is 23.0 Å². The summed E-state index contributed by atoms with van der Waals surface area (Å²) >= 11 is 6.16. The summed E-state index contributed by atoms with van der Waals surface area (Å²) in [5, 5.41) is 4.02. The van der Waals surface area contributed by atoms with Crippen LogP contribution in [0.4, 0.5) is 18.0 Å². The predicted molar refractivity (Wildman–Crippen MR) is 153 cm³/mol. The van der Waals surface area contributed by atoms with E-state index in [1.54, 1.807) is 44.0 Å². The van der Waals surface area contributed by atoms with Crippen LogP contribution in [0.5, 0.6) is 0 Å². The smallest absolute Gasteiger partial charge is 0.408 e. The summed E-state index contributed by atoms with van der Waals surface area (Å²) in [5.41, 5.74) is 1.55. The molecule has 13 heteroatoms. The molecule has 0 radical (unpaired) electrons. The van der Waals surface area contributed by atoms with Crippen molar-refractivity contribution >= 4 is 29.2 Å². The Kier molecular flexibility index (Phi) is 7.24. The molecular formula is C30H30ClF3N6O3. The van der Waals surface area contributed by atoms with Crippen LogP contribution in [0.2, 0.25) is 5.02 Å². The summed E-state index contributed by atoms with van der Waals surface area (Å²) in [7, 11) is 0. The second kappa shape index (κ2) is 10.7. The number of hydrogen-bond donors (Lipinski definition) is 0. The number of fused-ring (bicyclic) bond motifs is 2. The molecule has 2 aliphatic rings. The van der Waals surface area contributed by atoms with E-state index in [-0.39, 0.29) is 54.3 Å². The molecule has 2 saturated heterocycles. The average Bonchev–Trinajstić information content (AvgIpc) is 3.69. The fourth-order valence-electron chi connectivity index (χ4n) is 6.05. The minimum absolute atomic E-state index is 0.0198. The number of carbonyl (C=O) groups is 2. The van der Waals surface area contributed by atoms with Crippen LogP contribution in [0.1, 0.15) is 42.9 Å². The minimum atomic E-state index is -4.48. The molecule has 3 unspecified atom stereocenters. The number of imidazole rings is 1. The Balaban J connectivity index is 1.14. The first-order valence-electron chi connectivity index (χ1n) is 13.9. The number of ether oxygens (including phenoxy) is 1. The van der Waals surface area contributed by atoms with E-state index in [4.69, 9.17) is 16.3 Å². The molecule has 2 fully saturated rings. The molecule has 0 N–H and O–H groups in total. The van der Waals surface area contributed by atoms with Gasteiger partial charge < -0.3 is 9.64 Å². The van der Waals surface area contributed by atoms with Crippen molar-refractivity contribution in [2.24, 2.45) is 11.8 Å². The van der Waals surface area contributed by atoms with Crippen LogP contribution in [-0.2, 0) is 4.74 Å². The van der Waals surface area contributed by atoms with Crippen LogP contribution in [0.3, 0.4) is 0 Å². The minimum Gasteiger partial charge on any atom is -0.455 e. The van der Waals surface area contributed by atoms with Crippen molar-refractivity contribution in [2.75, 3.05) is 26.2 Å². The highest BCUT2D eigenvalue weighted by Gasteiger charge is 2.51. The van der Waals surface area contributed by atoms with Gasteiger partial charge in [0, 0.05) is 37.9 Å². The van der Waals surface area contributed by atoms with E-state index in [0.29, 0.717) is 0 Å². The fourth-order valence-corrected chi connectivity index (χ4v) is 6.25. The van der Waals surface area contributed by atoms with Gasteiger partial charge in [-0.05, 0) is 50.3 Å². The maximum absolute atomic E-state index is 14.5. The third kappa shape index (κ3) is 5.73. The number of halogens is 4. The number of pyridine rings is 1. The Morgan fingerprint density at radius 2 is 1.67 bits per heavy atom. The van der Waals surface area contributed by atoms with E-state index < -0.39 is 29.8 Å². The number of carbonyl (C=O) groups excluding carboxylic acids is 2. The van der Waals surface area contributed by atoms with Gasteiger partial charge in [0.2, 0.25) is 0 Å². The van der Waals surface area contributed by atoms with Crippen LogP contribution in [0.15, 0.2) is 61.1 Å². The predicted octanol–water partition coefficient (Wildman–Crippen LogP) is 5.94. The summed E-state index contributed by atoms with van der Waals surface area (Å²) in [5.74, 6) is -1.02. The van der Waals surface area contributed by atoms with E-state index in [1.807, 2.05) is 28.8 Å². The molecule has 3 atom stereocenters. The normalized spacial score (nSPS) is 20.0. The molecule has 0 spiro atoms. The molecule has 1 aromatic carbocycles. The first kappa shape index (κ1) is 29.2. The van der Waals surface area contributed by atoms with Crippen LogP contribution < -0.4 is 0 Å². The highest BCUT2D eigenvalue weighted by molar-refractivity contribution is 6.33. The number of likely N-dealkylation sites (tertiary alicyclic amines) is 2. The molecule has 2 aliphatic heterocycles. The van der Waals surface area contributed by atoms with Gasteiger partial charge in [0.15, 0.2) is 5.69 Å². The van der Waals surface area contributed by atoms with Gasteiger partial charge in [0.25, 0.3) is 0 Å². The molecule has 0 bridgehead atoms. The average molecular weight is 615 g/mol. The van der Waals surface area contributed by atoms with Gasteiger partial charge in [-0.15, -0.1) is 0 Å². The first-order valence-corrected chi connectivity index (χ1v) is 14.3. The van der Waals surface area contributed by atoms with E-state index in [0.717, 1.165) is 21.6 Å². The van der Waals surface area contributed by atoms with Crippen molar-refractivity contribution in [1.29, 1.82) is 0 Å². The van der Waals surface area contributed by atoms with Crippen molar-refractivity contribution in [1.82, 2.24) is 29.0 Å². The lowest BCUT2D eigenvalue weighted by Gasteiger charge is -2.31. The third-order valence-corrected chi connectivity index (χ3v) is 8.13. The number of amides is 1. The summed E-state index contributed by atoms with van der Waals surface area (Å²) in [6.07, 6.45) is 0.334. The molecule has 6 rings (SSSR count). The lowest BCUT2D eigenvalue weighted by molar-refractivity contribution is -0.184. The van der Waals surface area contributed by atoms with Gasteiger partial charge in [-0.1, -0.05) is 41.9 Å². The van der Waals surface area contributed by atoms with Crippen molar-refractivity contribution in [3.8, 4) is 11.3 Å². The second-order valence-electron chi connectivity index (χ2n) is 12.1. The van der Waals surface area contributed by atoms with Crippen LogP contribution in [0.25, 0.3) is 16.9 Å². The Morgan fingerprint density at radius 1 is 1.00 bits per heavy atom. The zero-order valence-corrected chi connectivity index (χ0v) is 24.5. The standard InChI is InChI=1S/C30H30ClF3N6O3/c1-29(2,3)43-27(41)25-22(31)17-40(36-25)28(42)38-15-20-13-37(14-21(20)16-38)26(30(32,33)34)19-9-7-18(8-10-19)23-12-35-24-6-4-5-11-39(23)24/h4-12,17,20-21,26H,13-16H2,1-3H3. The highest BCUT2D eigenvalue weighted by Crippen LogP contribution is 2.43. The zero-order chi connectivity index (χ0) is 30.7. The largest absolute Gasteiger partial charge is 0.455 e. The number of esters is 1. The quantitative estimate of drug-likeness (QED) is 0.265. The van der Waals surface area contributed by atoms with Gasteiger partial charge in [-0.3, -0.25) is 9.30 Å². The van der Waals surface area contributed by atoms with E-state index in [2.05, 4.69) is 10.1 Å². The van der Waals surface area contributed by atoms with Crippen molar-refractivity contribution in [3.05, 3.63) is 77.3 Å². The SMILES string of the molecule is CC(C)(C)OC(=O)c1nn(C(=O)N2CC3CN(C(c4ccc(-c5cnc6ccccn56)cc4)C(F)(F)F)CC3C2)cc1Cl. The molecule has 0 aliphatic carbocycles.